The molecular formula is C5H8N2O3. The summed E-state index contributed by atoms with van der Waals surface area (Å²) in [6.45, 7) is 0.901. The Morgan fingerprint density at radius 3 is 3.20 bits per heavy atom. The van der Waals surface area contributed by atoms with Gasteiger partial charge in [0.1, 0.15) is 0 Å². The number of ether oxygens (including phenoxy) is 1. The summed E-state index contributed by atoms with van der Waals surface area (Å²) in [7, 11) is 1.56. The maximum Gasteiger partial charge on any atom is 0.436 e. The molecule has 5 heteroatoms. The lowest BCUT2D eigenvalue weighted by atomic mass is 10.7. The fraction of sp³-hybridized carbons (Fsp3) is 0.600. The molecule has 0 atom stereocenters. The second kappa shape index (κ2) is 3.17. The molecule has 0 aliphatic heterocycles. The first kappa shape index (κ1) is 7.01. The van der Waals surface area contributed by atoms with E-state index < -0.39 is 5.76 Å². The van der Waals surface area contributed by atoms with E-state index >= 15 is 0 Å². The first-order chi connectivity index (χ1) is 4.84. The van der Waals surface area contributed by atoms with Crippen molar-refractivity contribution in [3.05, 3.63) is 16.9 Å². The average molecular weight is 144 g/mol. The molecule has 1 rings (SSSR count). The molecule has 1 aromatic heterocycles. The number of rotatable bonds is 3. The van der Waals surface area contributed by atoms with Crippen LogP contribution in [0.25, 0.3) is 0 Å². The van der Waals surface area contributed by atoms with Crippen molar-refractivity contribution < 1.29 is 9.15 Å². The third-order valence-electron chi connectivity index (χ3n) is 1.06. The molecule has 0 saturated heterocycles. The number of nitrogens with zero attached hydrogens (tertiary/aromatic N) is 2. The van der Waals surface area contributed by atoms with Crippen molar-refractivity contribution in [1.29, 1.82) is 0 Å². The van der Waals surface area contributed by atoms with Gasteiger partial charge < -0.3 is 9.15 Å². The van der Waals surface area contributed by atoms with Crippen molar-refractivity contribution in [2.45, 2.75) is 6.54 Å². The summed E-state index contributed by atoms with van der Waals surface area (Å²) in [5, 5.41) is 3.61. The second-order valence-electron chi connectivity index (χ2n) is 1.72. The summed E-state index contributed by atoms with van der Waals surface area (Å²) in [6.07, 6.45) is 1.11. The van der Waals surface area contributed by atoms with Crippen LogP contribution in [0.5, 0.6) is 0 Å². The Kier molecular flexibility index (Phi) is 2.22. The first-order valence-corrected chi connectivity index (χ1v) is 2.84. The molecule has 0 radical (unpaired) electrons. The molecule has 0 N–H and O–H groups in total. The van der Waals surface area contributed by atoms with E-state index in [1.165, 1.54) is 4.68 Å². The van der Waals surface area contributed by atoms with Gasteiger partial charge in [-0.1, -0.05) is 0 Å². The fourth-order valence-corrected chi connectivity index (χ4v) is 0.560. The van der Waals surface area contributed by atoms with Crippen LogP contribution in [0.3, 0.4) is 0 Å². The Morgan fingerprint density at radius 1 is 1.90 bits per heavy atom. The molecular weight excluding hydrogens is 136 g/mol. The molecule has 1 heterocycles. The van der Waals surface area contributed by atoms with E-state index in [2.05, 4.69) is 9.52 Å². The maximum absolute atomic E-state index is 10.6. The second-order valence-corrected chi connectivity index (χ2v) is 1.72. The minimum absolute atomic E-state index is 0.436. The van der Waals surface area contributed by atoms with Gasteiger partial charge in [0.05, 0.1) is 13.2 Å². The van der Waals surface area contributed by atoms with E-state index in [0.29, 0.717) is 13.2 Å². The van der Waals surface area contributed by atoms with E-state index in [1.54, 1.807) is 7.11 Å². The summed E-state index contributed by atoms with van der Waals surface area (Å²) in [5.41, 5.74) is 0. The van der Waals surface area contributed by atoms with Gasteiger partial charge in [0, 0.05) is 7.11 Å². The molecule has 0 spiro atoms. The lowest BCUT2D eigenvalue weighted by Crippen LogP contribution is -2.18. The van der Waals surface area contributed by atoms with Gasteiger partial charge in [-0.05, 0) is 0 Å². The Morgan fingerprint density at radius 2 is 2.70 bits per heavy atom. The normalized spacial score (nSPS) is 10.1. The molecule has 0 fully saturated rings. The van der Waals surface area contributed by atoms with Gasteiger partial charge in [0.25, 0.3) is 0 Å². The topological polar surface area (TPSA) is 57.3 Å². The van der Waals surface area contributed by atoms with Crippen molar-refractivity contribution in [1.82, 2.24) is 9.78 Å². The van der Waals surface area contributed by atoms with Gasteiger partial charge in [-0.2, -0.15) is 4.68 Å². The van der Waals surface area contributed by atoms with Crippen LogP contribution in [0.15, 0.2) is 15.6 Å². The molecule has 0 aromatic carbocycles. The van der Waals surface area contributed by atoms with Gasteiger partial charge in [0.15, 0.2) is 0 Å². The smallest absolute Gasteiger partial charge is 0.395 e. The van der Waals surface area contributed by atoms with E-state index in [0.717, 1.165) is 6.39 Å². The Labute approximate surface area is 57.2 Å². The van der Waals surface area contributed by atoms with Crippen LogP contribution in [-0.2, 0) is 11.3 Å². The molecule has 0 unspecified atom stereocenters. The molecule has 0 amide bonds. The SMILES string of the molecule is COCCn1ncoc1=O. The Hall–Kier alpha value is -1.10. The highest BCUT2D eigenvalue weighted by atomic mass is 16.5. The van der Waals surface area contributed by atoms with Crippen molar-refractivity contribution in [2.75, 3.05) is 13.7 Å². The molecule has 56 valence electrons. The van der Waals surface area contributed by atoms with E-state index in [4.69, 9.17) is 4.74 Å². The number of methoxy groups -OCH3 is 1. The molecule has 0 saturated carbocycles. The largest absolute Gasteiger partial charge is 0.436 e. The van der Waals surface area contributed by atoms with E-state index in [1.807, 2.05) is 0 Å². The van der Waals surface area contributed by atoms with Crippen LogP contribution in [0.4, 0.5) is 0 Å². The monoisotopic (exact) mass is 144 g/mol. The summed E-state index contributed by atoms with van der Waals surface area (Å²) in [6, 6.07) is 0. The fourth-order valence-electron chi connectivity index (χ4n) is 0.560. The first-order valence-electron chi connectivity index (χ1n) is 2.84. The number of hydrogen-bond donors (Lipinski definition) is 0. The average Bonchev–Trinajstić information content (AvgIpc) is 2.31. The highest BCUT2D eigenvalue weighted by Crippen LogP contribution is 1.75. The Bertz CT molecular complexity index is 239. The minimum Gasteiger partial charge on any atom is -0.395 e. The summed E-state index contributed by atoms with van der Waals surface area (Å²) in [4.78, 5) is 10.6. The summed E-state index contributed by atoms with van der Waals surface area (Å²) < 4.78 is 10.3. The van der Waals surface area contributed by atoms with Gasteiger partial charge in [-0.25, -0.2) is 4.79 Å². The van der Waals surface area contributed by atoms with Gasteiger partial charge in [0.2, 0.25) is 6.39 Å². The zero-order valence-electron chi connectivity index (χ0n) is 5.61. The highest BCUT2D eigenvalue weighted by molar-refractivity contribution is 4.50. The summed E-state index contributed by atoms with van der Waals surface area (Å²) >= 11 is 0. The predicted molar refractivity (Wildman–Crippen MR) is 32.6 cm³/mol. The van der Waals surface area contributed by atoms with Crippen molar-refractivity contribution in [2.24, 2.45) is 0 Å². The van der Waals surface area contributed by atoms with Crippen LogP contribution >= 0.6 is 0 Å². The van der Waals surface area contributed by atoms with Crippen LogP contribution in [0, 0.1) is 0 Å². The Balaban J connectivity index is 2.57. The van der Waals surface area contributed by atoms with Crippen LogP contribution < -0.4 is 5.76 Å². The van der Waals surface area contributed by atoms with Crippen molar-refractivity contribution >= 4 is 0 Å². The maximum atomic E-state index is 10.6. The number of aromatic nitrogens is 2. The minimum atomic E-state index is -0.447. The molecule has 1 aromatic rings. The van der Waals surface area contributed by atoms with Gasteiger partial charge in [-0.3, -0.25) is 0 Å². The van der Waals surface area contributed by atoms with Crippen molar-refractivity contribution in [3.8, 4) is 0 Å². The molecule has 0 bridgehead atoms. The zero-order chi connectivity index (χ0) is 7.40. The molecule has 10 heavy (non-hydrogen) atoms. The van der Waals surface area contributed by atoms with Crippen LogP contribution in [-0.4, -0.2) is 23.5 Å². The van der Waals surface area contributed by atoms with Gasteiger partial charge >= 0.3 is 5.76 Å². The lowest BCUT2D eigenvalue weighted by Gasteiger charge is -1.94. The molecule has 0 aliphatic carbocycles. The third kappa shape index (κ3) is 1.44. The molecule has 5 nitrogen and oxygen atoms in total. The van der Waals surface area contributed by atoms with E-state index in [9.17, 15) is 4.79 Å². The third-order valence-corrected chi connectivity index (χ3v) is 1.06. The predicted octanol–water partition coefficient (Wildman–Crippen LogP) is -0.517. The van der Waals surface area contributed by atoms with Crippen LogP contribution in [0.2, 0.25) is 0 Å². The number of hydrogen-bond acceptors (Lipinski definition) is 4. The van der Waals surface area contributed by atoms with Crippen LogP contribution in [0.1, 0.15) is 0 Å². The zero-order valence-corrected chi connectivity index (χ0v) is 5.61. The highest BCUT2D eigenvalue weighted by Gasteiger charge is 1.96. The summed E-state index contributed by atoms with van der Waals surface area (Å²) in [5.74, 6) is -0.447. The quantitative estimate of drug-likeness (QED) is 0.573. The van der Waals surface area contributed by atoms with Crippen molar-refractivity contribution in [3.63, 3.8) is 0 Å². The lowest BCUT2D eigenvalue weighted by molar-refractivity contribution is 0.181. The molecule has 0 aliphatic rings. The van der Waals surface area contributed by atoms with E-state index in [-0.39, 0.29) is 0 Å². The van der Waals surface area contributed by atoms with Gasteiger partial charge in [-0.15, -0.1) is 5.10 Å². The standard InChI is InChI=1S/C5H8N2O3/c1-9-3-2-7-5(8)10-4-6-7/h4H,2-3H2,1H3.